The van der Waals surface area contributed by atoms with Crippen molar-refractivity contribution in [3.05, 3.63) is 63.6 Å². The van der Waals surface area contributed by atoms with Gasteiger partial charge in [0.05, 0.1) is 0 Å². The summed E-state index contributed by atoms with van der Waals surface area (Å²) in [5, 5.41) is 4.73. The minimum Gasteiger partial charge on any atom is -0.489 e. The van der Waals surface area contributed by atoms with E-state index in [1.165, 1.54) is 5.56 Å². The van der Waals surface area contributed by atoms with Crippen LogP contribution in [0.3, 0.4) is 0 Å². The molecule has 22 heavy (non-hydrogen) atoms. The fourth-order valence-electron chi connectivity index (χ4n) is 1.98. The van der Waals surface area contributed by atoms with E-state index in [1.807, 2.05) is 24.3 Å². The second-order valence-corrected chi connectivity index (χ2v) is 6.21. The van der Waals surface area contributed by atoms with Crippen LogP contribution in [0.2, 0.25) is 10.0 Å². The second-order valence-electron chi connectivity index (χ2n) is 5.36. The molecule has 0 aromatic heterocycles. The number of ether oxygens (including phenoxy) is 1. The molecule has 118 valence electrons. The van der Waals surface area contributed by atoms with Crippen molar-refractivity contribution in [3.63, 3.8) is 0 Å². The van der Waals surface area contributed by atoms with E-state index in [1.54, 1.807) is 6.07 Å². The van der Waals surface area contributed by atoms with Crippen molar-refractivity contribution in [2.75, 3.05) is 0 Å². The Morgan fingerprint density at radius 3 is 2.68 bits per heavy atom. The third kappa shape index (κ3) is 5.20. The molecule has 2 aromatic carbocycles. The van der Waals surface area contributed by atoms with Gasteiger partial charge in [-0.25, -0.2) is 0 Å². The van der Waals surface area contributed by atoms with Crippen LogP contribution >= 0.6 is 23.2 Å². The Morgan fingerprint density at radius 2 is 1.95 bits per heavy atom. The molecule has 4 heteroatoms. The van der Waals surface area contributed by atoms with E-state index in [0.717, 1.165) is 24.3 Å². The van der Waals surface area contributed by atoms with Gasteiger partial charge in [-0.3, -0.25) is 0 Å². The van der Waals surface area contributed by atoms with Crippen molar-refractivity contribution in [3.8, 4) is 5.75 Å². The van der Waals surface area contributed by atoms with E-state index >= 15 is 0 Å². The molecule has 0 aliphatic heterocycles. The van der Waals surface area contributed by atoms with Crippen molar-refractivity contribution in [1.82, 2.24) is 5.32 Å². The van der Waals surface area contributed by atoms with Gasteiger partial charge in [-0.1, -0.05) is 48.3 Å². The van der Waals surface area contributed by atoms with Crippen molar-refractivity contribution in [2.45, 2.75) is 39.5 Å². The molecule has 0 heterocycles. The molecule has 0 radical (unpaired) electrons. The zero-order chi connectivity index (χ0) is 15.9. The first kappa shape index (κ1) is 17.1. The average molecular weight is 338 g/mol. The molecule has 0 saturated carbocycles. The van der Waals surface area contributed by atoms with Gasteiger partial charge in [0.25, 0.3) is 0 Å². The number of benzene rings is 2. The Bertz CT molecular complexity index is 616. The highest BCUT2D eigenvalue weighted by atomic mass is 35.5. The smallest absolute Gasteiger partial charge is 0.120 e. The quantitative estimate of drug-likeness (QED) is 0.724. The van der Waals surface area contributed by atoms with Gasteiger partial charge in [-0.2, -0.15) is 0 Å². The minimum atomic E-state index is 0.429. The minimum absolute atomic E-state index is 0.429. The first-order chi connectivity index (χ1) is 10.6. The Morgan fingerprint density at radius 1 is 1.14 bits per heavy atom. The lowest BCUT2D eigenvalue weighted by molar-refractivity contribution is 0.306. The van der Waals surface area contributed by atoms with Crippen LogP contribution < -0.4 is 10.1 Å². The second kappa shape index (κ2) is 8.42. The lowest BCUT2D eigenvalue weighted by atomic mass is 10.2. The largest absolute Gasteiger partial charge is 0.489 e. The number of rotatable bonds is 7. The maximum Gasteiger partial charge on any atom is 0.120 e. The molecule has 1 N–H and O–H groups in total. The topological polar surface area (TPSA) is 21.3 Å². The monoisotopic (exact) mass is 337 g/mol. The van der Waals surface area contributed by atoms with Crippen LogP contribution in [0.25, 0.3) is 0 Å². The number of hydrogen-bond acceptors (Lipinski definition) is 2. The summed E-state index contributed by atoms with van der Waals surface area (Å²) in [4.78, 5) is 0. The van der Waals surface area contributed by atoms with Crippen molar-refractivity contribution < 1.29 is 4.74 Å². The molecule has 0 fully saturated rings. The van der Waals surface area contributed by atoms with E-state index in [2.05, 4.69) is 31.3 Å². The molecule has 0 aliphatic carbocycles. The van der Waals surface area contributed by atoms with Gasteiger partial charge in [0.15, 0.2) is 0 Å². The van der Waals surface area contributed by atoms with Gasteiger partial charge >= 0.3 is 0 Å². The fourth-order valence-corrected chi connectivity index (χ4v) is 2.44. The molecule has 0 unspecified atom stereocenters. The summed E-state index contributed by atoms with van der Waals surface area (Å²) in [6.07, 6.45) is 1.12. The lowest BCUT2D eigenvalue weighted by Crippen LogP contribution is -2.24. The average Bonchev–Trinajstić information content (AvgIpc) is 2.52. The van der Waals surface area contributed by atoms with Crippen molar-refractivity contribution in [2.24, 2.45) is 0 Å². The Kier molecular flexibility index (Phi) is 6.56. The summed E-state index contributed by atoms with van der Waals surface area (Å²) in [6, 6.07) is 14.1. The van der Waals surface area contributed by atoms with E-state index in [4.69, 9.17) is 27.9 Å². The molecule has 2 aromatic rings. The maximum atomic E-state index is 6.15. The predicted molar refractivity (Wildman–Crippen MR) is 93.8 cm³/mol. The zero-order valence-electron chi connectivity index (χ0n) is 12.9. The maximum absolute atomic E-state index is 6.15. The lowest BCUT2D eigenvalue weighted by Gasteiger charge is -2.13. The molecular weight excluding hydrogens is 317 g/mol. The third-order valence-corrected chi connectivity index (χ3v) is 4.16. The summed E-state index contributed by atoms with van der Waals surface area (Å²) in [6.45, 7) is 5.63. The highest BCUT2D eigenvalue weighted by molar-refractivity contribution is 6.35. The van der Waals surface area contributed by atoms with Crippen LogP contribution in [-0.4, -0.2) is 6.04 Å². The first-order valence-electron chi connectivity index (χ1n) is 7.47. The summed E-state index contributed by atoms with van der Waals surface area (Å²) >= 11 is 12.0. The standard InChI is InChI=1S/C18H21Cl2NO/c1-3-13(2)21-11-14-5-4-6-17(9-14)22-12-15-7-8-16(19)10-18(15)20/h4-10,13,21H,3,11-12H2,1-2H3/t13-/m1/s1. The third-order valence-electron chi connectivity index (χ3n) is 3.57. The molecular formula is C18H21Cl2NO. The van der Waals surface area contributed by atoms with Gasteiger partial charge in [0.2, 0.25) is 0 Å². The van der Waals surface area contributed by atoms with Gasteiger partial charge < -0.3 is 10.1 Å². The summed E-state index contributed by atoms with van der Waals surface area (Å²) < 4.78 is 5.83. The molecule has 0 spiro atoms. The van der Waals surface area contributed by atoms with Crippen molar-refractivity contribution in [1.29, 1.82) is 0 Å². The summed E-state index contributed by atoms with van der Waals surface area (Å²) in [5.74, 6) is 0.842. The van der Waals surface area contributed by atoms with E-state index in [9.17, 15) is 0 Å². The van der Waals surface area contributed by atoms with Crippen LogP contribution in [0.15, 0.2) is 42.5 Å². The Hall–Kier alpha value is -1.22. The molecule has 0 saturated heterocycles. The molecule has 0 bridgehead atoms. The Balaban J connectivity index is 1.95. The molecule has 2 nitrogen and oxygen atoms in total. The molecule has 2 rings (SSSR count). The number of halogens is 2. The highest BCUT2D eigenvalue weighted by Crippen LogP contribution is 2.23. The number of nitrogens with one attached hydrogen (secondary N) is 1. The molecule has 0 aliphatic rings. The Labute approximate surface area is 142 Å². The van der Waals surface area contributed by atoms with Gasteiger partial charge in [0, 0.05) is 28.2 Å². The molecule has 1 atom stereocenters. The zero-order valence-corrected chi connectivity index (χ0v) is 14.4. The normalized spacial score (nSPS) is 12.2. The van der Waals surface area contributed by atoms with Crippen LogP contribution in [0.1, 0.15) is 31.4 Å². The van der Waals surface area contributed by atoms with Crippen LogP contribution in [0.5, 0.6) is 5.75 Å². The van der Waals surface area contributed by atoms with E-state index in [-0.39, 0.29) is 0 Å². The fraction of sp³-hybridized carbons (Fsp3) is 0.333. The van der Waals surface area contributed by atoms with Crippen LogP contribution in [-0.2, 0) is 13.2 Å². The van der Waals surface area contributed by atoms with Gasteiger partial charge in [-0.15, -0.1) is 0 Å². The van der Waals surface area contributed by atoms with E-state index < -0.39 is 0 Å². The van der Waals surface area contributed by atoms with Crippen molar-refractivity contribution >= 4 is 23.2 Å². The summed E-state index contributed by atoms with van der Waals surface area (Å²) in [5.41, 5.74) is 2.13. The first-order valence-corrected chi connectivity index (χ1v) is 8.23. The van der Waals surface area contributed by atoms with Crippen LogP contribution in [0, 0.1) is 0 Å². The number of hydrogen-bond donors (Lipinski definition) is 1. The van der Waals surface area contributed by atoms with E-state index in [0.29, 0.717) is 22.7 Å². The highest BCUT2D eigenvalue weighted by Gasteiger charge is 2.04. The SMILES string of the molecule is CC[C@@H](C)NCc1cccc(OCc2ccc(Cl)cc2Cl)c1. The molecule has 0 amide bonds. The van der Waals surface area contributed by atoms with Crippen LogP contribution in [0.4, 0.5) is 0 Å². The van der Waals surface area contributed by atoms with Gasteiger partial charge in [0.1, 0.15) is 12.4 Å². The summed E-state index contributed by atoms with van der Waals surface area (Å²) in [7, 11) is 0. The van der Waals surface area contributed by atoms with Gasteiger partial charge in [-0.05, 0) is 43.2 Å². The predicted octanol–water partition coefficient (Wildman–Crippen LogP) is 5.46.